The molecule has 1 N–H and O–H groups in total. The molecule has 0 atom stereocenters. The van der Waals surface area contributed by atoms with Crippen molar-refractivity contribution in [2.24, 2.45) is 0 Å². The Morgan fingerprint density at radius 1 is 1.22 bits per heavy atom. The monoisotopic (exact) mass is 248 g/mol. The number of aliphatic carboxylic acids is 1. The van der Waals surface area contributed by atoms with E-state index in [4.69, 9.17) is 4.74 Å². The first-order valence-corrected chi connectivity index (χ1v) is 6.41. The topological polar surface area (TPSA) is 46.5 Å². The highest BCUT2D eigenvalue weighted by atomic mass is 16.5. The second-order valence-electron chi connectivity index (χ2n) is 5.20. The van der Waals surface area contributed by atoms with Crippen LogP contribution >= 0.6 is 0 Å². The summed E-state index contributed by atoms with van der Waals surface area (Å²) in [7, 11) is 1.62. The molecule has 1 fully saturated rings. The molecular formula is C15H20O3. The highest BCUT2D eigenvalue weighted by Crippen LogP contribution is 2.47. The van der Waals surface area contributed by atoms with Crippen molar-refractivity contribution in [2.75, 3.05) is 7.11 Å². The Labute approximate surface area is 108 Å². The maximum atomic E-state index is 11.8. The predicted octanol–water partition coefficient (Wildman–Crippen LogP) is 3.21. The lowest BCUT2D eigenvalue weighted by Crippen LogP contribution is -2.34. The van der Waals surface area contributed by atoms with Crippen molar-refractivity contribution in [2.45, 2.75) is 44.9 Å². The van der Waals surface area contributed by atoms with Crippen LogP contribution in [0.25, 0.3) is 0 Å². The van der Waals surface area contributed by atoms with E-state index in [0.29, 0.717) is 12.8 Å². The van der Waals surface area contributed by atoms with Crippen molar-refractivity contribution in [3.05, 3.63) is 28.8 Å². The Bertz CT molecular complexity index is 471. The van der Waals surface area contributed by atoms with Gasteiger partial charge in [-0.05, 0) is 37.8 Å². The number of benzene rings is 1. The van der Waals surface area contributed by atoms with Gasteiger partial charge in [0.25, 0.3) is 0 Å². The SMILES string of the molecule is COc1c(C)ccc(C)c1C1(C(=O)O)CCCC1. The average molecular weight is 248 g/mol. The van der Waals surface area contributed by atoms with Crippen molar-refractivity contribution in [1.82, 2.24) is 0 Å². The molecule has 0 spiro atoms. The second-order valence-corrected chi connectivity index (χ2v) is 5.20. The van der Waals surface area contributed by atoms with E-state index < -0.39 is 11.4 Å². The Hall–Kier alpha value is -1.51. The lowest BCUT2D eigenvalue weighted by Gasteiger charge is -2.29. The summed E-state index contributed by atoms with van der Waals surface area (Å²) < 4.78 is 5.48. The first-order valence-electron chi connectivity index (χ1n) is 6.41. The molecular weight excluding hydrogens is 228 g/mol. The smallest absolute Gasteiger partial charge is 0.314 e. The number of ether oxygens (including phenoxy) is 1. The van der Waals surface area contributed by atoms with Crippen LogP contribution in [0.15, 0.2) is 12.1 Å². The van der Waals surface area contributed by atoms with E-state index in [1.54, 1.807) is 7.11 Å². The van der Waals surface area contributed by atoms with Crippen LogP contribution < -0.4 is 4.74 Å². The fourth-order valence-electron chi connectivity index (χ4n) is 3.19. The maximum absolute atomic E-state index is 11.8. The molecule has 1 aliphatic carbocycles. The van der Waals surface area contributed by atoms with Crippen LogP contribution in [0.5, 0.6) is 5.75 Å². The van der Waals surface area contributed by atoms with Crippen molar-refractivity contribution < 1.29 is 14.6 Å². The van der Waals surface area contributed by atoms with Crippen molar-refractivity contribution in [3.63, 3.8) is 0 Å². The number of carboxylic acids is 1. The minimum absolute atomic E-state index is 0.711. The number of carbonyl (C=O) groups is 1. The van der Waals surface area contributed by atoms with Crippen LogP contribution in [0.3, 0.4) is 0 Å². The predicted molar refractivity (Wildman–Crippen MR) is 70.2 cm³/mol. The third kappa shape index (κ3) is 1.78. The number of methoxy groups -OCH3 is 1. The minimum Gasteiger partial charge on any atom is -0.496 e. The lowest BCUT2D eigenvalue weighted by molar-refractivity contribution is -0.143. The van der Waals surface area contributed by atoms with Gasteiger partial charge in [-0.3, -0.25) is 4.79 Å². The molecule has 0 saturated heterocycles. The molecule has 0 radical (unpaired) electrons. The molecule has 1 saturated carbocycles. The molecule has 0 aliphatic heterocycles. The van der Waals surface area contributed by atoms with Crippen LogP contribution in [0.1, 0.15) is 42.4 Å². The Morgan fingerprint density at radius 3 is 2.28 bits per heavy atom. The Morgan fingerprint density at radius 2 is 1.78 bits per heavy atom. The maximum Gasteiger partial charge on any atom is 0.314 e. The van der Waals surface area contributed by atoms with Gasteiger partial charge in [0.2, 0.25) is 0 Å². The quantitative estimate of drug-likeness (QED) is 0.893. The van der Waals surface area contributed by atoms with Gasteiger partial charge in [0.05, 0.1) is 12.5 Å². The van der Waals surface area contributed by atoms with E-state index in [2.05, 4.69) is 0 Å². The van der Waals surface area contributed by atoms with Gasteiger partial charge in [-0.1, -0.05) is 25.0 Å². The van der Waals surface area contributed by atoms with Gasteiger partial charge in [-0.2, -0.15) is 0 Å². The number of carboxylic acid groups (broad SMARTS) is 1. The summed E-state index contributed by atoms with van der Waals surface area (Å²) in [5, 5.41) is 9.70. The zero-order chi connectivity index (χ0) is 13.3. The van der Waals surface area contributed by atoms with E-state index in [1.807, 2.05) is 26.0 Å². The van der Waals surface area contributed by atoms with Crippen LogP contribution in [0.4, 0.5) is 0 Å². The van der Waals surface area contributed by atoms with E-state index in [9.17, 15) is 9.90 Å². The molecule has 0 unspecified atom stereocenters. The first kappa shape index (κ1) is 12.9. The zero-order valence-corrected chi connectivity index (χ0v) is 11.2. The van der Waals surface area contributed by atoms with E-state index in [-0.39, 0.29) is 0 Å². The molecule has 2 rings (SSSR count). The van der Waals surface area contributed by atoms with Crippen LogP contribution in [-0.4, -0.2) is 18.2 Å². The second kappa shape index (κ2) is 4.63. The third-order valence-corrected chi connectivity index (χ3v) is 4.11. The summed E-state index contributed by atoms with van der Waals surface area (Å²) >= 11 is 0. The van der Waals surface area contributed by atoms with Crippen LogP contribution in [0.2, 0.25) is 0 Å². The number of hydrogen-bond acceptors (Lipinski definition) is 2. The van der Waals surface area contributed by atoms with Gasteiger partial charge in [0.15, 0.2) is 0 Å². The molecule has 1 aromatic carbocycles. The van der Waals surface area contributed by atoms with E-state index in [1.165, 1.54) is 0 Å². The minimum atomic E-state index is -0.749. The molecule has 0 heterocycles. The molecule has 0 bridgehead atoms. The highest BCUT2D eigenvalue weighted by molar-refractivity contribution is 5.84. The largest absolute Gasteiger partial charge is 0.496 e. The fourth-order valence-corrected chi connectivity index (χ4v) is 3.19. The third-order valence-electron chi connectivity index (χ3n) is 4.11. The summed E-state index contributed by atoms with van der Waals surface area (Å²) in [6.45, 7) is 3.94. The summed E-state index contributed by atoms with van der Waals surface area (Å²) in [5.41, 5.74) is 2.16. The summed E-state index contributed by atoms with van der Waals surface area (Å²) in [6.07, 6.45) is 3.37. The van der Waals surface area contributed by atoms with Crippen molar-refractivity contribution in [3.8, 4) is 5.75 Å². The molecule has 3 nitrogen and oxygen atoms in total. The standard InChI is InChI=1S/C15H20O3/c1-10-6-7-11(2)13(18-3)12(10)15(14(16)17)8-4-5-9-15/h6-7H,4-5,8-9H2,1-3H3,(H,16,17). The molecule has 3 heteroatoms. The first-order chi connectivity index (χ1) is 8.53. The molecule has 1 aliphatic rings. The van der Waals surface area contributed by atoms with E-state index in [0.717, 1.165) is 35.3 Å². The fraction of sp³-hybridized carbons (Fsp3) is 0.533. The van der Waals surface area contributed by atoms with Gasteiger partial charge in [0, 0.05) is 5.56 Å². The van der Waals surface area contributed by atoms with Gasteiger partial charge < -0.3 is 9.84 Å². The van der Waals surface area contributed by atoms with Crippen LogP contribution in [0, 0.1) is 13.8 Å². The zero-order valence-electron chi connectivity index (χ0n) is 11.2. The van der Waals surface area contributed by atoms with Gasteiger partial charge >= 0.3 is 5.97 Å². The molecule has 98 valence electrons. The Balaban J connectivity index is 2.68. The van der Waals surface area contributed by atoms with Crippen molar-refractivity contribution >= 4 is 5.97 Å². The van der Waals surface area contributed by atoms with Crippen LogP contribution in [-0.2, 0) is 10.2 Å². The van der Waals surface area contributed by atoms with Gasteiger partial charge in [0.1, 0.15) is 5.75 Å². The highest BCUT2D eigenvalue weighted by Gasteiger charge is 2.45. The lowest BCUT2D eigenvalue weighted by atomic mass is 9.75. The normalized spacial score (nSPS) is 17.7. The summed E-state index contributed by atoms with van der Waals surface area (Å²) in [5.74, 6) is 0.0336. The summed E-state index contributed by atoms with van der Waals surface area (Å²) in [6, 6.07) is 3.98. The number of aryl methyl sites for hydroxylation is 2. The Kier molecular flexibility index (Phi) is 3.33. The van der Waals surface area contributed by atoms with Gasteiger partial charge in [-0.15, -0.1) is 0 Å². The molecule has 18 heavy (non-hydrogen) atoms. The number of rotatable bonds is 3. The molecule has 0 aromatic heterocycles. The van der Waals surface area contributed by atoms with E-state index >= 15 is 0 Å². The molecule has 1 aromatic rings. The van der Waals surface area contributed by atoms with Crippen molar-refractivity contribution in [1.29, 1.82) is 0 Å². The van der Waals surface area contributed by atoms with Gasteiger partial charge in [-0.25, -0.2) is 0 Å². The molecule has 0 amide bonds. The number of hydrogen-bond donors (Lipinski definition) is 1. The summed E-state index contributed by atoms with van der Waals surface area (Å²) in [4.78, 5) is 11.8. The average Bonchev–Trinajstić information content (AvgIpc) is 2.82.